The molecule has 0 aromatic carbocycles. The van der Waals surface area contributed by atoms with Crippen LogP contribution in [-0.4, -0.2) is 21.3 Å². The van der Waals surface area contributed by atoms with Crippen molar-refractivity contribution in [1.29, 1.82) is 0 Å². The summed E-state index contributed by atoms with van der Waals surface area (Å²) in [7, 11) is 0. The predicted molar refractivity (Wildman–Crippen MR) is 79.3 cm³/mol. The lowest BCUT2D eigenvalue weighted by atomic mass is 9.95. The Morgan fingerprint density at radius 3 is 2.90 bits per heavy atom. The summed E-state index contributed by atoms with van der Waals surface area (Å²) in [5.74, 6) is -0.0378. The maximum atomic E-state index is 12.5. The average Bonchev–Trinajstić information content (AvgIpc) is 2.74. The minimum Gasteiger partial charge on any atom is -0.348 e. The molecule has 1 amide bonds. The van der Waals surface area contributed by atoms with Crippen LogP contribution in [0, 0.1) is 6.92 Å². The topological polar surface area (TPSA) is 46.4 Å². The smallest absolute Gasteiger partial charge is 0.270 e. The molecule has 2 heterocycles. The first-order chi connectivity index (χ1) is 9.65. The minimum absolute atomic E-state index is 0.0378. The molecule has 106 valence electrons. The molecule has 1 aliphatic rings. The molecule has 5 heteroatoms. The number of rotatable bonds is 2. The van der Waals surface area contributed by atoms with Gasteiger partial charge in [0.1, 0.15) is 11.3 Å². The lowest BCUT2D eigenvalue weighted by molar-refractivity contribution is 0.0921. The summed E-state index contributed by atoms with van der Waals surface area (Å²) >= 11 is 5.96. The van der Waals surface area contributed by atoms with E-state index in [-0.39, 0.29) is 5.91 Å². The first-order valence-corrected chi connectivity index (χ1v) is 7.48. The van der Waals surface area contributed by atoms with Crippen molar-refractivity contribution < 1.29 is 4.79 Å². The van der Waals surface area contributed by atoms with E-state index in [4.69, 9.17) is 11.6 Å². The van der Waals surface area contributed by atoms with Gasteiger partial charge in [0.05, 0.1) is 5.69 Å². The first-order valence-electron chi connectivity index (χ1n) is 7.10. The van der Waals surface area contributed by atoms with Gasteiger partial charge in [-0.2, -0.15) is 0 Å². The standard InChI is InChI=1S/C15H18ClN3O/c1-10-14(15(20)18-12-5-3-2-4-6-12)19-8-7-11(16)9-13(19)17-10/h7-9,12H,2-6H2,1H3,(H,18,20). The van der Waals surface area contributed by atoms with Gasteiger partial charge in [0.25, 0.3) is 5.91 Å². The number of fused-ring (bicyclic) bond motifs is 1. The highest BCUT2D eigenvalue weighted by atomic mass is 35.5. The second-order valence-corrected chi connectivity index (χ2v) is 5.86. The van der Waals surface area contributed by atoms with Gasteiger partial charge in [-0.15, -0.1) is 0 Å². The number of carbonyl (C=O) groups excluding carboxylic acids is 1. The number of nitrogens with one attached hydrogen (secondary N) is 1. The number of imidazole rings is 1. The van der Waals surface area contributed by atoms with E-state index in [2.05, 4.69) is 10.3 Å². The van der Waals surface area contributed by atoms with Gasteiger partial charge in [-0.1, -0.05) is 30.9 Å². The Morgan fingerprint density at radius 2 is 2.15 bits per heavy atom. The van der Waals surface area contributed by atoms with E-state index in [1.807, 2.05) is 6.92 Å². The van der Waals surface area contributed by atoms with Crippen LogP contribution in [0.25, 0.3) is 5.65 Å². The molecule has 0 atom stereocenters. The van der Waals surface area contributed by atoms with Gasteiger partial charge in [0.2, 0.25) is 0 Å². The van der Waals surface area contributed by atoms with Crippen LogP contribution in [0.4, 0.5) is 0 Å². The lowest BCUT2D eigenvalue weighted by Gasteiger charge is -2.22. The van der Waals surface area contributed by atoms with Gasteiger partial charge >= 0.3 is 0 Å². The van der Waals surface area contributed by atoms with Gasteiger partial charge in [-0.25, -0.2) is 4.98 Å². The summed E-state index contributed by atoms with van der Waals surface area (Å²) in [6.07, 6.45) is 7.63. The third kappa shape index (κ3) is 2.52. The number of amides is 1. The fraction of sp³-hybridized carbons (Fsp3) is 0.467. The molecule has 2 aromatic rings. The Labute approximate surface area is 123 Å². The van der Waals surface area contributed by atoms with Gasteiger partial charge in [0, 0.05) is 23.3 Å². The van der Waals surface area contributed by atoms with Gasteiger partial charge in [-0.05, 0) is 25.8 Å². The Hall–Kier alpha value is -1.55. The first kappa shape index (κ1) is 13.4. The monoisotopic (exact) mass is 291 g/mol. The molecule has 4 nitrogen and oxygen atoms in total. The molecule has 0 saturated heterocycles. The SMILES string of the molecule is Cc1nc2cc(Cl)ccn2c1C(=O)NC1CCCCC1. The van der Waals surface area contributed by atoms with Crippen LogP contribution in [0.15, 0.2) is 18.3 Å². The Bertz CT molecular complexity index is 644. The van der Waals surface area contributed by atoms with E-state index in [0.717, 1.165) is 18.5 Å². The Morgan fingerprint density at radius 1 is 1.40 bits per heavy atom. The predicted octanol–water partition coefficient (Wildman–Crippen LogP) is 3.36. The van der Waals surface area contributed by atoms with E-state index in [1.54, 1.807) is 22.7 Å². The van der Waals surface area contributed by atoms with E-state index < -0.39 is 0 Å². The van der Waals surface area contributed by atoms with E-state index in [9.17, 15) is 4.79 Å². The highest BCUT2D eigenvalue weighted by Crippen LogP contribution is 2.20. The number of aromatic nitrogens is 2. The maximum Gasteiger partial charge on any atom is 0.270 e. The quantitative estimate of drug-likeness (QED) is 0.922. The molecule has 0 aliphatic heterocycles. The third-order valence-electron chi connectivity index (χ3n) is 3.92. The minimum atomic E-state index is -0.0378. The molecule has 0 spiro atoms. The Balaban J connectivity index is 1.88. The van der Waals surface area contributed by atoms with Crippen LogP contribution in [0.2, 0.25) is 5.02 Å². The van der Waals surface area contributed by atoms with Crippen molar-refractivity contribution in [2.24, 2.45) is 0 Å². The summed E-state index contributed by atoms with van der Waals surface area (Å²) in [5.41, 5.74) is 2.06. The summed E-state index contributed by atoms with van der Waals surface area (Å²) in [4.78, 5) is 16.9. The van der Waals surface area contributed by atoms with Crippen molar-refractivity contribution in [3.8, 4) is 0 Å². The average molecular weight is 292 g/mol. The van der Waals surface area contributed by atoms with Crippen molar-refractivity contribution >= 4 is 23.2 Å². The fourth-order valence-corrected chi connectivity index (χ4v) is 3.07. The fourth-order valence-electron chi connectivity index (χ4n) is 2.91. The van der Waals surface area contributed by atoms with Gasteiger partial charge in [-0.3, -0.25) is 9.20 Å². The van der Waals surface area contributed by atoms with E-state index in [1.165, 1.54) is 19.3 Å². The number of halogens is 1. The molecule has 3 rings (SSSR count). The maximum absolute atomic E-state index is 12.5. The van der Waals surface area contributed by atoms with Crippen LogP contribution < -0.4 is 5.32 Å². The molecule has 1 N–H and O–H groups in total. The van der Waals surface area contributed by atoms with Crippen LogP contribution in [0.5, 0.6) is 0 Å². The van der Waals surface area contributed by atoms with Crippen molar-refractivity contribution in [1.82, 2.24) is 14.7 Å². The molecule has 1 saturated carbocycles. The number of nitrogens with zero attached hydrogens (tertiary/aromatic N) is 2. The molecule has 20 heavy (non-hydrogen) atoms. The van der Waals surface area contributed by atoms with Gasteiger partial charge in [0.15, 0.2) is 0 Å². The van der Waals surface area contributed by atoms with Crippen molar-refractivity contribution in [2.45, 2.75) is 45.1 Å². The molecule has 2 aromatic heterocycles. The van der Waals surface area contributed by atoms with Crippen molar-refractivity contribution in [3.63, 3.8) is 0 Å². The van der Waals surface area contributed by atoms with E-state index >= 15 is 0 Å². The number of hydrogen-bond acceptors (Lipinski definition) is 2. The highest BCUT2D eigenvalue weighted by Gasteiger charge is 2.21. The third-order valence-corrected chi connectivity index (χ3v) is 4.15. The number of aryl methyl sites for hydroxylation is 1. The molecule has 1 fully saturated rings. The Kier molecular flexibility index (Phi) is 3.66. The zero-order chi connectivity index (χ0) is 14.1. The van der Waals surface area contributed by atoms with Gasteiger partial charge < -0.3 is 5.32 Å². The van der Waals surface area contributed by atoms with Crippen molar-refractivity contribution in [3.05, 3.63) is 34.7 Å². The second-order valence-electron chi connectivity index (χ2n) is 5.43. The van der Waals surface area contributed by atoms with Crippen LogP contribution >= 0.6 is 11.6 Å². The molecule has 0 unspecified atom stereocenters. The van der Waals surface area contributed by atoms with Crippen molar-refractivity contribution in [2.75, 3.05) is 0 Å². The van der Waals surface area contributed by atoms with Crippen LogP contribution in [-0.2, 0) is 0 Å². The highest BCUT2D eigenvalue weighted by molar-refractivity contribution is 6.30. The molecule has 1 aliphatic carbocycles. The molecule has 0 radical (unpaired) electrons. The van der Waals surface area contributed by atoms with Crippen LogP contribution in [0.3, 0.4) is 0 Å². The second kappa shape index (κ2) is 5.44. The lowest BCUT2D eigenvalue weighted by Crippen LogP contribution is -2.37. The largest absolute Gasteiger partial charge is 0.348 e. The summed E-state index contributed by atoms with van der Waals surface area (Å²) in [5, 5.41) is 3.76. The van der Waals surface area contributed by atoms with Crippen LogP contribution in [0.1, 0.15) is 48.3 Å². The van der Waals surface area contributed by atoms with E-state index in [0.29, 0.717) is 22.4 Å². The summed E-state index contributed by atoms with van der Waals surface area (Å²) < 4.78 is 1.80. The number of carbonyl (C=O) groups is 1. The number of hydrogen-bond donors (Lipinski definition) is 1. The normalized spacial score (nSPS) is 16.5. The number of pyridine rings is 1. The summed E-state index contributed by atoms with van der Waals surface area (Å²) in [6.45, 7) is 1.86. The zero-order valence-electron chi connectivity index (χ0n) is 11.5. The zero-order valence-corrected chi connectivity index (χ0v) is 12.3. The molecule has 0 bridgehead atoms. The summed E-state index contributed by atoms with van der Waals surface area (Å²) in [6, 6.07) is 3.84. The molecular formula is C15H18ClN3O. The molecular weight excluding hydrogens is 274 g/mol.